The Morgan fingerprint density at radius 2 is 1.70 bits per heavy atom. The topological polar surface area (TPSA) is 87.7 Å². The van der Waals surface area contributed by atoms with Crippen molar-refractivity contribution >= 4 is 27.4 Å². The zero-order valence-corrected chi connectivity index (χ0v) is 16.5. The summed E-state index contributed by atoms with van der Waals surface area (Å²) in [4.78, 5) is 11.8. The van der Waals surface area contributed by atoms with Crippen LogP contribution in [0, 0.1) is 0 Å². The van der Waals surface area contributed by atoms with Crippen LogP contribution in [0.1, 0.15) is 13.8 Å². The summed E-state index contributed by atoms with van der Waals surface area (Å²) >= 11 is 0. The molecule has 0 bridgehead atoms. The van der Waals surface area contributed by atoms with Gasteiger partial charge in [0.05, 0.1) is 17.5 Å². The van der Waals surface area contributed by atoms with E-state index in [1.807, 2.05) is 19.9 Å². The van der Waals surface area contributed by atoms with Crippen LogP contribution < -0.4 is 19.7 Å². The van der Waals surface area contributed by atoms with Crippen LogP contribution in [-0.4, -0.2) is 39.9 Å². The first kappa shape index (κ1) is 20.6. The summed E-state index contributed by atoms with van der Waals surface area (Å²) in [6.07, 6.45) is 0.0467. The standard InChI is InChI=1S/C19H25N3O4S/c1-15(2)26-18-11-9-17(10-12-18)22(3)27(24,25)14-13-20-19(23)21-16-7-5-4-6-8-16/h4-12,15H,13-14H2,1-3H3,(H2,20,21,23). The molecule has 2 amide bonds. The number of nitrogens with one attached hydrogen (secondary N) is 2. The molecular weight excluding hydrogens is 366 g/mol. The molecule has 0 saturated carbocycles. The van der Waals surface area contributed by atoms with Crippen molar-refractivity contribution in [2.45, 2.75) is 20.0 Å². The van der Waals surface area contributed by atoms with Crippen molar-refractivity contribution in [3.8, 4) is 5.75 Å². The van der Waals surface area contributed by atoms with Crippen molar-refractivity contribution in [1.82, 2.24) is 5.32 Å². The number of anilines is 2. The van der Waals surface area contributed by atoms with E-state index in [2.05, 4.69) is 10.6 Å². The van der Waals surface area contributed by atoms with Crippen LogP contribution in [0.15, 0.2) is 54.6 Å². The van der Waals surface area contributed by atoms with E-state index in [4.69, 9.17) is 4.74 Å². The first-order valence-corrected chi connectivity index (χ1v) is 10.2. The largest absolute Gasteiger partial charge is 0.491 e. The second-order valence-corrected chi connectivity index (χ2v) is 8.31. The smallest absolute Gasteiger partial charge is 0.319 e. The molecule has 2 rings (SSSR count). The molecule has 2 aromatic rings. The Labute approximate surface area is 160 Å². The van der Waals surface area contributed by atoms with Crippen LogP contribution in [0.3, 0.4) is 0 Å². The Morgan fingerprint density at radius 3 is 2.30 bits per heavy atom. The van der Waals surface area contributed by atoms with Crippen molar-refractivity contribution in [3.05, 3.63) is 54.6 Å². The summed E-state index contributed by atoms with van der Waals surface area (Å²) in [6, 6.07) is 15.3. The highest BCUT2D eigenvalue weighted by Gasteiger charge is 2.18. The summed E-state index contributed by atoms with van der Waals surface area (Å²) in [7, 11) is -2.08. The summed E-state index contributed by atoms with van der Waals surface area (Å²) in [5.74, 6) is 0.467. The number of benzene rings is 2. The highest BCUT2D eigenvalue weighted by molar-refractivity contribution is 7.92. The highest BCUT2D eigenvalue weighted by Crippen LogP contribution is 2.21. The maximum atomic E-state index is 12.5. The number of sulfonamides is 1. The lowest BCUT2D eigenvalue weighted by atomic mass is 10.3. The van der Waals surface area contributed by atoms with Gasteiger partial charge in [0.2, 0.25) is 10.0 Å². The van der Waals surface area contributed by atoms with E-state index in [0.717, 1.165) is 0 Å². The summed E-state index contributed by atoms with van der Waals surface area (Å²) in [5.41, 5.74) is 1.17. The average Bonchev–Trinajstić information content (AvgIpc) is 2.62. The van der Waals surface area contributed by atoms with Gasteiger partial charge in [0.15, 0.2) is 0 Å². The molecule has 0 saturated heterocycles. The number of ether oxygens (including phenoxy) is 1. The molecule has 27 heavy (non-hydrogen) atoms. The van der Waals surface area contributed by atoms with Gasteiger partial charge in [0.1, 0.15) is 5.75 Å². The SMILES string of the molecule is CC(C)Oc1ccc(N(C)S(=O)(=O)CCNC(=O)Nc2ccccc2)cc1. The number of carbonyl (C=O) groups excluding carboxylic acids is 1. The van der Waals surface area contributed by atoms with E-state index >= 15 is 0 Å². The van der Waals surface area contributed by atoms with Crippen LogP contribution in [0.25, 0.3) is 0 Å². The fourth-order valence-corrected chi connectivity index (χ4v) is 3.37. The van der Waals surface area contributed by atoms with E-state index in [0.29, 0.717) is 17.1 Å². The molecule has 0 aromatic heterocycles. The van der Waals surface area contributed by atoms with Gasteiger partial charge in [0, 0.05) is 19.3 Å². The number of carbonyl (C=O) groups is 1. The van der Waals surface area contributed by atoms with E-state index in [-0.39, 0.29) is 18.4 Å². The van der Waals surface area contributed by atoms with Gasteiger partial charge < -0.3 is 15.4 Å². The van der Waals surface area contributed by atoms with E-state index in [1.165, 1.54) is 11.4 Å². The fourth-order valence-electron chi connectivity index (χ4n) is 2.29. The number of para-hydroxylation sites is 1. The first-order valence-electron chi connectivity index (χ1n) is 8.61. The Morgan fingerprint density at radius 1 is 1.07 bits per heavy atom. The summed E-state index contributed by atoms with van der Waals surface area (Å²) < 4.78 is 31.7. The van der Waals surface area contributed by atoms with Gasteiger partial charge in [-0.25, -0.2) is 13.2 Å². The normalized spacial score (nSPS) is 11.1. The minimum atomic E-state index is -3.57. The maximum Gasteiger partial charge on any atom is 0.319 e. The Balaban J connectivity index is 1.86. The van der Waals surface area contributed by atoms with Crippen molar-refractivity contribution in [2.24, 2.45) is 0 Å². The summed E-state index contributed by atoms with van der Waals surface area (Å²) in [5, 5.41) is 5.19. The van der Waals surface area contributed by atoms with Gasteiger partial charge in [-0.2, -0.15) is 0 Å². The second-order valence-electron chi connectivity index (χ2n) is 6.19. The van der Waals surface area contributed by atoms with Crippen molar-refractivity contribution in [1.29, 1.82) is 0 Å². The maximum absolute atomic E-state index is 12.5. The molecule has 0 aliphatic rings. The number of amides is 2. The van der Waals surface area contributed by atoms with Gasteiger partial charge in [-0.05, 0) is 50.2 Å². The minimum absolute atomic E-state index is 0.000115. The molecule has 7 nitrogen and oxygen atoms in total. The van der Waals surface area contributed by atoms with Crippen LogP contribution in [0.5, 0.6) is 5.75 Å². The monoisotopic (exact) mass is 391 g/mol. The number of rotatable bonds is 8. The number of urea groups is 1. The highest BCUT2D eigenvalue weighted by atomic mass is 32.2. The molecule has 0 atom stereocenters. The van der Waals surface area contributed by atoms with Crippen LogP contribution in [0.4, 0.5) is 16.2 Å². The van der Waals surface area contributed by atoms with Crippen LogP contribution in [0.2, 0.25) is 0 Å². The lowest BCUT2D eigenvalue weighted by molar-refractivity contribution is 0.242. The van der Waals surface area contributed by atoms with Crippen molar-refractivity contribution < 1.29 is 17.9 Å². The predicted molar refractivity (Wildman–Crippen MR) is 108 cm³/mol. The average molecular weight is 391 g/mol. The van der Waals surface area contributed by atoms with E-state index in [1.54, 1.807) is 48.5 Å². The molecule has 2 N–H and O–H groups in total. The molecule has 0 heterocycles. The zero-order chi connectivity index (χ0) is 19.9. The van der Waals surface area contributed by atoms with Crippen molar-refractivity contribution in [2.75, 3.05) is 29.0 Å². The molecular formula is C19H25N3O4S. The quantitative estimate of drug-likeness (QED) is 0.724. The van der Waals surface area contributed by atoms with Gasteiger partial charge in [-0.1, -0.05) is 18.2 Å². The lowest BCUT2D eigenvalue weighted by Crippen LogP contribution is -2.37. The number of nitrogens with zero attached hydrogens (tertiary/aromatic N) is 1. The third-order valence-electron chi connectivity index (χ3n) is 3.67. The van der Waals surface area contributed by atoms with Gasteiger partial charge in [-0.15, -0.1) is 0 Å². The Kier molecular flexibility index (Phi) is 7.06. The van der Waals surface area contributed by atoms with Crippen molar-refractivity contribution in [3.63, 3.8) is 0 Å². The third-order valence-corrected chi connectivity index (χ3v) is 5.43. The third kappa shape index (κ3) is 6.49. The lowest BCUT2D eigenvalue weighted by Gasteiger charge is -2.20. The molecule has 0 fully saturated rings. The molecule has 8 heteroatoms. The Bertz CT molecular complexity index is 837. The molecule has 2 aromatic carbocycles. The van der Waals surface area contributed by atoms with Crippen LogP contribution >= 0.6 is 0 Å². The molecule has 0 radical (unpaired) electrons. The summed E-state index contributed by atoms with van der Waals surface area (Å²) in [6.45, 7) is 3.84. The van der Waals surface area contributed by atoms with E-state index < -0.39 is 16.1 Å². The Hall–Kier alpha value is -2.74. The molecule has 146 valence electrons. The molecule has 0 unspecified atom stereocenters. The number of hydrogen-bond acceptors (Lipinski definition) is 4. The molecule has 0 aliphatic carbocycles. The zero-order valence-electron chi connectivity index (χ0n) is 15.7. The first-order chi connectivity index (χ1) is 12.8. The van der Waals surface area contributed by atoms with Gasteiger partial charge >= 0.3 is 6.03 Å². The van der Waals surface area contributed by atoms with Gasteiger partial charge in [-0.3, -0.25) is 4.31 Å². The second kappa shape index (κ2) is 9.27. The number of hydrogen-bond donors (Lipinski definition) is 2. The van der Waals surface area contributed by atoms with Crippen LogP contribution in [-0.2, 0) is 10.0 Å². The minimum Gasteiger partial charge on any atom is -0.491 e. The fraction of sp³-hybridized carbons (Fsp3) is 0.316. The molecule has 0 spiro atoms. The molecule has 0 aliphatic heterocycles. The van der Waals surface area contributed by atoms with E-state index in [9.17, 15) is 13.2 Å². The predicted octanol–water partition coefficient (Wildman–Crippen LogP) is 3.06. The van der Waals surface area contributed by atoms with Gasteiger partial charge in [0.25, 0.3) is 0 Å².